The molecule has 2 saturated heterocycles. The maximum absolute atomic E-state index is 12.7. The summed E-state index contributed by atoms with van der Waals surface area (Å²) in [5.74, 6) is -1.76. The number of aliphatic hydroxyl groups excluding tert-OH is 3. The van der Waals surface area contributed by atoms with E-state index in [1.165, 1.54) is 13.8 Å². The average Bonchev–Trinajstić information content (AvgIpc) is 3.38. The number of aryl methyl sites for hydroxylation is 2. The minimum Gasteiger partial charge on any atom is -0.387 e. The fourth-order valence-electron chi connectivity index (χ4n) is 6.39. The van der Waals surface area contributed by atoms with Gasteiger partial charge in [0.25, 0.3) is 0 Å². The molecule has 0 radical (unpaired) electrons. The molecule has 46 heavy (non-hydrogen) atoms. The second kappa shape index (κ2) is 13.8. The lowest BCUT2D eigenvalue weighted by Gasteiger charge is -2.50. The van der Waals surface area contributed by atoms with Crippen LogP contribution in [0.5, 0.6) is 0 Å². The summed E-state index contributed by atoms with van der Waals surface area (Å²) in [4.78, 5) is 27.2. The number of hydrogen-bond donors (Lipinski definition) is 5. The van der Waals surface area contributed by atoms with Crippen molar-refractivity contribution < 1.29 is 39.5 Å². The van der Waals surface area contributed by atoms with E-state index in [2.05, 4.69) is 29.6 Å². The SMILES string of the molecule is Cc1ccc([C@]23OC[C@](C(C)(C)O)(O2)[C@@H](O)[C@H](O)[C@H]3O)cc1Cc1ccc(CCCC(=O)CC(C)(C)C(=O)NCCN(C)C)cc1. The number of fused-ring (bicyclic) bond motifs is 2. The first-order chi connectivity index (χ1) is 21.4. The first kappa shape index (κ1) is 36.1. The summed E-state index contributed by atoms with van der Waals surface area (Å²) in [6.07, 6.45) is -2.02. The third-order valence-corrected chi connectivity index (χ3v) is 9.57. The number of nitrogens with one attached hydrogen (secondary N) is 1. The lowest BCUT2D eigenvalue weighted by Crippen LogP contribution is -2.70. The van der Waals surface area contributed by atoms with Crippen LogP contribution in [0.1, 0.15) is 74.8 Å². The third kappa shape index (κ3) is 7.39. The van der Waals surface area contributed by atoms with Crippen molar-refractivity contribution in [3.63, 3.8) is 0 Å². The van der Waals surface area contributed by atoms with Crippen molar-refractivity contribution in [3.05, 3.63) is 70.3 Å². The highest BCUT2D eigenvalue weighted by atomic mass is 16.8. The van der Waals surface area contributed by atoms with E-state index in [0.717, 1.165) is 35.2 Å². The van der Waals surface area contributed by atoms with Gasteiger partial charge in [0.2, 0.25) is 11.7 Å². The van der Waals surface area contributed by atoms with Crippen LogP contribution in [0.2, 0.25) is 0 Å². The molecular formula is C36H52N2O8. The Kier molecular flexibility index (Phi) is 10.8. The van der Waals surface area contributed by atoms with Crippen molar-refractivity contribution in [2.24, 2.45) is 5.41 Å². The number of likely N-dealkylation sites (N-methyl/N-ethyl adjacent to an activating group) is 1. The highest BCUT2D eigenvalue weighted by Gasteiger charge is 2.71. The van der Waals surface area contributed by atoms with Gasteiger partial charge in [-0.2, -0.15) is 0 Å². The highest BCUT2D eigenvalue weighted by molar-refractivity contribution is 5.89. The van der Waals surface area contributed by atoms with Crippen molar-refractivity contribution in [2.75, 3.05) is 33.8 Å². The number of aliphatic hydroxyl groups is 4. The number of rotatable bonds is 14. The van der Waals surface area contributed by atoms with E-state index >= 15 is 0 Å². The second-order valence-corrected chi connectivity index (χ2v) is 14.5. The number of ketones is 1. The number of nitrogens with zero attached hydrogens (tertiary/aromatic N) is 1. The first-order valence-corrected chi connectivity index (χ1v) is 16.1. The molecule has 4 rings (SSSR count). The van der Waals surface area contributed by atoms with Crippen LogP contribution in [0.25, 0.3) is 0 Å². The molecule has 10 heteroatoms. The summed E-state index contributed by atoms with van der Waals surface area (Å²) in [5.41, 5.74) is 0.755. The summed E-state index contributed by atoms with van der Waals surface area (Å²) < 4.78 is 12.2. The molecule has 0 aromatic heterocycles. The Morgan fingerprint density at radius 2 is 1.65 bits per heavy atom. The predicted molar refractivity (Wildman–Crippen MR) is 174 cm³/mol. The Labute approximate surface area is 272 Å². The van der Waals surface area contributed by atoms with E-state index in [0.29, 0.717) is 31.4 Å². The number of carbonyl (C=O) groups is 2. The lowest BCUT2D eigenvalue weighted by atomic mass is 9.75. The monoisotopic (exact) mass is 640 g/mol. The molecule has 0 saturated carbocycles. The van der Waals surface area contributed by atoms with E-state index in [1.54, 1.807) is 6.07 Å². The Morgan fingerprint density at radius 3 is 2.28 bits per heavy atom. The minimum absolute atomic E-state index is 0.0827. The molecule has 0 unspecified atom stereocenters. The van der Waals surface area contributed by atoms with Crippen LogP contribution in [-0.4, -0.2) is 100 Å². The molecule has 254 valence electrons. The fraction of sp³-hybridized carbons (Fsp3) is 0.611. The fourth-order valence-corrected chi connectivity index (χ4v) is 6.39. The normalized spacial score (nSPS) is 26.4. The van der Waals surface area contributed by atoms with Crippen molar-refractivity contribution in [1.29, 1.82) is 0 Å². The van der Waals surface area contributed by atoms with E-state index in [4.69, 9.17) is 9.47 Å². The van der Waals surface area contributed by atoms with Crippen molar-refractivity contribution in [1.82, 2.24) is 10.2 Å². The highest BCUT2D eigenvalue weighted by Crippen LogP contribution is 2.53. The molecule has 2 aromatic rings. The molecule has 2 heterocycles. The van der Waals surface area contributed by atoms with Crippen molar-refractivity contribution >= 4 is 11.7 Å². The summed E-state index contributed by atoms with van der Waals surface area (Å²) in [7, 11) is 3.89. The maximum atomic E-state index is 12.7. The summed E-state index contributed by atoms with van der Waals surface area (Å²) in [6, 6.07) is 13.8. The largest absolute Gasteiger partial charge is 0.387 e. The molecule has 5 atom stereocenters. The Bertz CT molecular complexity index is 1390. The zero-order valence-electron chi connectivity index (χ0n) is 28.3. The number of amides is 1. The number of Topliss-reactive ketones (excluding diaryl/α,β-unsaturated/α-hetero) is 1. The minimum atomic E-state index is -1.74. The number of ether oxygens (including phenoxy) is 2. The quantitative estimate of drug-likeness (QED) is 0.210. The van der Waals surface area contributed by atoms with E-state index in [1.807, 2.05) is 51.9 Å². The summed E-state index contributed by atoms with van der Waals surface area (Å²) >= 11 is 0. The molecule has 2 bridgehead atoms. The topological polar surface area (TPSA) is 149 Å². The molecule has 2 aromatic carbocycles. The summed E-state index contributed by atoms with van der Waals surface area (Å²) in [5, 5.41) is 46.4. The van der Waals surface area contributed by atoms with Crippen molar-refractivity contribution in [3.8, 4) is 0 Å². The predicted octanol–water partition coefficient (Wildman–Crippen LogP) is 2.38. The molecule has 10 nitrogen and oxygen atoms in total. The lowest BCUT2D eigenvalue weighted by molar-refractivity contribution is -0.348. The number of carbonyl (C=O) groups excluding carboxylic acids is 2. The van der Waals surface area contributed by atoms with Gasteiger partial charge in [0.1, 0.15) is 24.1 Å². The molecule has 2 aliphatic rings. The summed E-state index contributed by atoms with van der Waals surface area (Å²) in [6.45, 7) is 9.68. The number of hydrogen-bond acceptors (Lipinski definition) is 9. The molecule has 1 amide bonds. The van der Waals surface area contributed by atoms with Crippen LogP contribution in [0.3, 0.4) is 0 Å². The van der Waals surface area contributed by atoms with Gasteiger partial charge >= 0.3 is 0 Å². The molecule has 2 fully saturated rings. The van der Waals surface area contributed by atoms with Crippen LogP contribution < -0.4 is 5.32 Å². The van der Waals surface area contributed by atoms with Crippen LogP contribution in [0.4, 0.5) is 0 Å². The molecule has 0 spiro atoms. The zero-order chi connectivity index (χ0) is 34.1. The maximum Gasteiger partial charge on any atom is 0.226 e. The molecule has 5 N–H and O–H groups in total. The van der Waals surface area contributed by atoms with Crippen LogP contribution in [0.15, 0.2) is 42.5 Å². The third-order valence-electron chi connectivity index (χ3n) is 9.57. The van der Waals surface area contributed by atoms with Crippen LogP contribution in [0, 0.1) is 12.3 Å². The van der Waals surface area contributed by atoms with Gasteiger partial charge in [-0.05, 0) is 82.4 Å². The van der Waals surface area contributed by atoms with Gasteiger partial charge in [0.05, 0.1) is 17.6 Å². The standard InChI is InChI=1S/C36H52N2O8/c1-23-11-16-27(36-31(42)29(40)30(41)35(46-36,22-45-36)34(4,5)44)20-26(23)19-25-14-12-24(13-15-25)9-8-10-28(39)21-33(2,3)32(43)37-17-18-38(6)7/h11-16,20,29-31,40-42,44H,8-10,17-19,21-22H2,1-7H3,(H,37,43)/t29-,30-,31+,35-,36-/m0/s1. The second-order valence-electron chi connectivity index (χ2n) is 14.5. The Balaban J connectivity index is 1.36. The van der Waals surface area contributed by atoms with E-state index in [9.17, 15) is 30.0 Å². The zero-order valence-corrected chi connectivity index (χ0v) is 28.3. The van der Waals surface area contributed by atoms with Gasteiger partial charge < -0.3 is 40.1 Å². The van der Waals surface area contributed by atoms with Gasteiger partial charge in [0.15, 0.2) is 5.60 Å². The van der Waals surface area contributed by atoms with Crippen LogP contribution >= 0.6 is 0 Å². The van der Waals surface area contributed by atoms with Crippen molar-refractivity contribution in [2.45, 2.75) is 102 Å². The van der Waals surface area contributed by atoms with Gasteiger partial charge in [-0.1, -0.05) is 50.2 Å². The average molecular weight is 641 g/mol. The van der Waals surface area contributed by atoms with Gasteiger partial charge in [0, 0.05) is 31.5 Å². The van der Waals surface area contributed by atoms with Gasteiger partial charge in [-0.3, -0.25) is 9.59 Å². The van der Waals surface area contributed by atoms with Gasteiger partial charge in [-0.15, -0.1) is 0 Å². The Morgan fingerprint density at radius 1 is 1.00 bits per heavy atom. The molecular weight excluding hydrogens is 588 g/mol. The van der Waals surface area contributed by atoms with Gasteiger partial charge in [-0.25, -0.2) is 0 Å². The van der Waals surface area contributed by atoms with Crippen LogP contribution in [-0.2, 0) is 37.7 Å². The molecule has 2 aliphatic heterocycles. The van der Waals surface area contributed by atoms with E-state index < -0.39 is 40.7 Å². The van der Waals surface area contributed by atoms with E-state index in [-0.39, 0.29) is 24.7 Å². The number of benzene rings is 2. The Hall–Kier alpha value is -2.70. The molecule has 0 aliphatic carbocycles. The first-order valence-electron chi connectivity index (χ1n) is 16.1. The smallest absolute Gasteiger partial charge is 0.226 e.